The van der Waals surface area contributed by atoms with Crippen molar-refractivity contribution in [2.75, 3.05) is 0 Å². The lowest BCUT2D eigenvalue weighted by Crippen LogP contribution is -2.18. The molecule has 2 aromatic carbocycles. The first-order chi connectivity index (χ1) is 9.31. The van der Waals surface area contributed by atoms with Crippen molar-refractivity contribution in [3.05, 3.63) is 65.2 Å². The summed E-state index contributed by atoms with van der Waals surface area (Å²) in [5, 5.41) is 9.65. The van der Waals surface area contributed by atoms with Crippen LogP contribution >= 0.6 is 0 Å². The number of hydrogen-bond acceptors (Lipinski definition) is 2. The van der Waals surface area contributed by atoms with E-state index in [0.29, 0.717) is 6.61 Å². The second kappa shape index (κ2) is 5.45. The van der Waals surface area contributed by atoms with E-state index in [0.717, 1.165) is 25.0 Å². The molecular weight excluding hydrogens is 236 g/mol. The Kier molecular flexibility index (Phi) is 3.51. The minimum absolute atomic E-state index is 0.177. The fraction of sp³-hybridized carbons (Fsp3) is 0.294. The van der Waals surface area contributed by atoms with E-state index in [1.807, 2.05) is 24.3 Å². The van der Waals surface area contributed by atoms with Gasteiger partial charge in [0.1, 0.15) is 12.4 Å². The number of aliphatic hydroxyl groups excluding tert-OH is 1. The van der Waals surface area contributed by atoms with Crippen LogP contribution in [0.3, 0.4) is 0 Å². The van der Waals surface area contributed by atoms with E-state index in [1.54, 1.807) is 0 Å². The van der Waals surface area contributed by atoms with Crippen LogP contribution in [0.25, 0.3) is 0 Å². The zero-order chi connectivity index (χ0) is 13.1. The molecule has 1 aliphatic carbocycles. The van der Waals surface area contributed by atoms with E-state index >= 15 is 0 Å². The van der Waals surface area contributed by atoms with Gasteiger partial charge in [-0.3, -0.25) is 0 Å². The Balaban J connectivity index is 1.69. The summed E-state index contributed by atoms with van der Waals surface area (Å²) in [6, 6.07) is 16.4. The number of fused-ring (bicyclic) bond motifs is 1. The summed E-state index contributed by atoms with van der Waals surface area (Å²) in [5.74, 6) is 0.916. The molecule has 1 unspecified atom stereocenters. The van der Waals surface area contributed by atoms with Gasteiger partial charge in [-0.25, -0.2) is 0 Å². The van der Waals surface area contributed by atoms with Crippen LogP contribution < -0.4 is 4.74 Å². The molecule has 2 nitrogen and oxygen atoms in total. The van der Waals surface area contributed by atoms with Crippen molar-refractivity contribution in [2.24, 2.45) is 0 Å². The van der Waals surface area contributed by atoms with Gasteiger partial charge in [0, 0.05) is 0 Å². The van der Waals surface area contributed by atoms with E-state index in [9.17, 15) is 5.11 Å². The van der Waals surface area contributed by atoms with E-state index in [2.05, 4.69) is 24.3 Å². The fourth-order valence-corrected chi connectivity index (χ4v) is 2.54. The molecule has 1 N–H and O–H groups in total. The van der Waals surface area contributed by atoms with Gasteiger partial charge in [-0.15, -0.1) is 0 Å². The van der Waals surface area contributed by atoms with E-state index in [4.69, 9.17) is 4.74 Å². The molecule has 0 radical (unpaired) electrons. The first-order valence-electron chi connectivity index (χ1n) is 6.78. The summed E-state index contributed by atoms with van der Waals surface area (Å²) in [5.41, 5.74) is 3.75. The first kappa shape index (κ1) is 12.2. The summed E-state index contributed by atoms with van der Waals surface area (Å²) in [6.45, 7) is 0.599. The summed E-state index contributed by atoms with van der Waals surface area (Å²) >= 11 is 0. The summed E-state index contributed by atoms with van der Waals surface area (Å²) in [6.07, 6.45) is 2.39. The maximum absolute atomic E-state index is 9.65. The lowest BCUT2D eigenvalue weighted by atomic mass is 9.90. The Hall–Kier alpha value is -1.80. The molecule has 0 saturated carbocycles. The number of rotatable bonds is 3. The van der Waals surface area contributed by atoms with Crippen LogP contribution in [-0.4, -0.2) is 11.2 Å². The van der Waals surface area contributed by atoms with Crippen LogP contribution in [0, 0.1) is 0 Å². The molecule has 98 valence electrons. The molecular formula is C17H18O2. The second-order valence-corrected chi connectivity index (χ2v) is 5.10. The van der Waals surface area contributed by atoms with Crippen molar-refractivity contribution in [3.63, 3.8) is 0 Å². The SMILES string of the molecule is OC1CCc2cc(OCc3ccccc3)ccc2C1. The molecule has 2 aromatic rings. The van der Waals surface area contributed by atoms with Crippen LogP contribution in [0.4, 0.5) is 0 Å². The third-order valence-corrected chi connectivity index (χ3v) is 3.63. The number of aryl methyl sites for hydroxylation is 1. The highest BCUT2D eigenvalue weighted by Crippen LogP contribution is 2.26. The quantitative estimate of drug-likeness (QED) is 0.912. The highest BCUT2D eigenvalue weighted by atomic mass is 16.5. The molecule has 0 aliphatic heterocycles. The predicted octanol–water partition coefficient (Wildman–Crippen LogP) is 3.12. The van der Waals surface area contributed by atoms with Crippen molar-refractivity contribution in [3.8, 4) is 5.75 Å². The van der Waals surface area contributed by atoms with Crippen LogP contribution in [0.1, 0.15) is 23.1 Å². The second-order valence-electron chi connectivity index (χ2n) is 5.10. The molecule has 0 saturated heterocycles. The van der Waals surface area contributed by atoms with Crippen LogP contribution in [-0.2, 0) is 19.4 Å². The number of ether oxygens (including phenoxy) is 1. The average molecular weight is 254 g/mol. The van der Waals surface area contributed by atoms with Crippen molar-refractivity contribution in [1.82, 2.24) is 0 Å². The molecule has 0 amide bonds. The maximum Gasteiger partial charge on any atom is 0.120 e. The summed E-state index contributed by atoms with van der Waals surface area (Å²) in [4.78, 5) is 0. The van der Waals surface area contributed by atoms with Gasteiger partial charge in [0.2, 0.25) is 0 Å². The number of hydrogen-bond donors (Lipinski definition) is 1. The van der Waals surface area contributed by atoms with E-state index < -0.39 is 0 Å². The standard InChI is InChI=1S/C17H18O2/c18-16-8-6-15-11-17(9-7-14(15)10-16)19-12-13-4-2-1-3-5-13/h1-5,7,9,11,16,18H,6,8,10,12H2. The molecule has 3 rings (SSSR count). The van der Waals surface area contributed by atoms with Crippen molar-refractivity contribution >= 4 is 0 Å². The zero-order valence-electron chi connectivity index (χ0n) is 10.9. The van der Waals surface area contributed by atoms with Crippen LogP contribution in [0.5, 0.6) is 5.75 Å². The highest BCUT2D eigenvalue weighted by molar-refractivity contribution is 5.37. The van der Waals surface area contributed by atoms with Gasteiger partial charge in [-0.1, -0.05) is 36.4 Å². The summed E-state index contributed by atoms with van der Waals surface area (Å²) in [7, 11) is 0. The van der Waals surface area contributed by atoms with Crippen LogP contribution in [0.2, 0.25) is 0 Å². The largest absolute Gasteiger partial charge is 0.489 e. The van der Waals surface area contributed by atoms with E-state index in [1.165, 1.54) is 16.7 Å². The normalized spacial score (nSPS) is 17.8. The van der Waals surface area contributed by atoms with Gasteiger partial charge in [-0.2, -0.15) is 0 Å². The topological polar surface area (TPSA) is 29.5 Å². The Morgan fingerprint density at radius 3 is 2.74 bits per heavy atom. The summed E-state index contributed by atoms with van der Waals surface area (Å²) < 4.78 is 5.82. The monoisotopic (exact) mass is 254 g/mol. The molecule has 19 heavy (non-hydrogen) atoms. The lowest BCUT2D eigenvalue weighted by molar-refractivity contribution is 0.158. The minimum Gasteiger partial charge on any atom is -0.489 e. The zero-order valence-corrected chi connectivity index (χ0v) is 10.9. The Labute approximate surface area is 113 Å². The lowest BCUT2D eigenvalue weighted by Gasteiger charge is -2.21. The minimum atomic E-state index is -0.177. The van der Waals surface area contributed by atoms with Crippen molar-refractivity contribution < 1.29 is 9.84 Å². The Bertz CT molecular complexity index is 548. The van der Waals surface area contributed by atoms with Crippen molar-refractivity contribution in [1.29, 1.82) is 0 Å². The van der Waals surface area contributed by atoms with Gasteiger partial charge in [0.25, 0.3) is 0 Å². The first-order valence-corrected chi connectivity index (χ1v) is 6.78. The third-order valence-electron chi connectivity index (χ3n) is 3.63. The molecule has 0 aromatic heterocycles. The van der Waals surface area contributed by atoms with Gasteiger partial charge in [-0.05, 0) is 48.1 Å². The number of aliphatic hydroxyl groups is 1. The molecule has 0 fully saturated rings. The number of benzene rings is 2. The molecule has 0 bridgehead atoms. The average Bonchev–Trinajstić information content (AvgIpc) is 2.46. The van der Waals surface area contributed by atoms with Crippen LogP contribution in [0.15, 0.2) is 48.5 Å². The fourth-order valence-electron chi connectivity index (χ4n) is 2.54. The predicted molar refractivity (Wildman–Crippen MR) is 75.2 cm³/mol. The molecule has 0 spiro atoms. The van der Waals surface area contributed by atoms with Gasteiger partial charge >= 0.3 is 0 Å². The smallest absolute Gasteiger partial charge is 0.120 e. The van der Waals surface area contributed by atoms with Gasteiger partial charge < -0.3 is 9.84 Å². The molecule has 1 atom stereocenters. The Morgan fingerprint density at radius 2 is 1.89 bits per heavy atom. The van der Waals surface area contributed by atoms with Gasteiger partial charge in [0.05, 0.1) is 6.10 Å². The Morgan fingerprint density at radius 1 is 1.05 bits per heavy atom. The maximum atomic E-state index is 9.65. The van der Waals surface area contributed by atoms with E-state index in [-0.39, 0.29) is 6.10 Å². The molecule has 0 heterocycles. The molecule has 1 aliphatic rings. The highest BCUT2D eigenvalue weighted by Gasteiger charge is 2.16. The third kappa shape index (κ3) is 2.96. The van der Waals surface area contributed by atoms with Crippen molar-refractivity contribution in [2.45, 2.75) is 32.0 Å². The molecule has 2 heteroatoms. The van der Waals surface area contributed by atoms with Gasteiger partial charge in [0.15, 0.2) is 0 Å².